The van der Waals surface area contributed by atoms with Gasteiger partial charge in [-0.2, -0.15) is 13.2 Å². The van der Waals surface area contributed by atoms with E-state index in [2.05, 4.69) is 6.07 Å². The number of hydrogen-bond donors (Lipinski definition) is 0. The number of benzene rings is 1. The van der Waals surface area contributed by atoms with Crippen molar-refractivity contribution >= 4 is 5.69 Å². The van der Waals surface area contributed by atoms with Crippen molar-refractivity contribution in [1.82, 2.24) is 0 Å². The molecule has 0 aliphatic rings. The van der Waals surface area contributed by atoms with Crippen LogP contribution in [-0.2, 0) is 6.18 Å². The van der Waals surface area contributed by atoms with E-state index in [9.17, 15) is 13.2 Å². The summed E-state index contributed by atoms with van der Waals surface area (Å²) in [6, 6.07) is 6.22. The first-order valence-electron chi connectivity index (χ1n) is 3.67. The minimum atomic E-state index is -4.30. The Labute approximate surface area is 74.8 Å². The van der Waals surface area contributed by atoms with E-state index in [4.69, 9.17) is 0 Å². The molecular formula is C9H9F3N. The number of alkyl halides is 3. The van der Waals surface area contributed by atoms with Gasteiger partial charge >= 0.3 is 6.18 Å². The molecule has 0 unspecified atom stereocenters. The van der Waals surface area contributed by atoms with Gasteiger partial charge in [0.25, 0.3) is 0 Å². The second-order valence-corrected chi connectivity index (χ2v) is 2.84. The fourth-order valence-corrected chi connectivity index (χ4v) is 1.03. The smallest absolute Gasteiger partial charge is 0.377 e. The van der Waals surface area contributed by atoms with Crippen LogP contribution in [0.25, 0.3) is 0 Å². The van der Waals surface area contributed by atoms with Gasteiger partial charge in [-0.15, -0.1) is 0 Å². The molecule has 0 spiro atoms. The Balaban J connectivity index is 3.20. The Morgan fingerprint density at radius 3 is 2.31 bits per heavy atom. The number of halogens is 3. The molecule has 0 saturated carbocycles. The molecule has 0 saturated heterocycles. The van der Waals surface area contributed by atoms with Crippen molar-refractivity contribution in [2.75, 3.05) is 19.0 Å². The second kappa shape index (κ2) is 3.28. The van der Waals surface area contributed by atoms with Crippen LogP contribution in [0.1, 0.15) is 5.56 Å². The minimum absolute atomic E-state index is 0.134. The predicted molar refractivity (Wildman–Crippen MR) is 44.6 cm³/mol. The summed E-state index contributed by atoms with van der Waals surface area (Å²) in [4.78, 5) is 1.42. The Morgan fingerprint density at radius 1 is 1.31 bits per heavy atom. The number of nitrogens with zero attached hydrogens (tertiary/aromatic N) is 1. The normalized spacial score (nSPS) is 11.5. The van der Waals surface area contributed by atoms with E-state index in [0.29, 0.717) is 0 Å². The topological polar surface area (TPSA) is 3.24 Å². The first-order chi connectivity index (χ1) is 5.93. The fraction of sp³-hybridized carbons (Fsp3) is 0.333. The van der Waals surface area contributed by atoms with Crippen LogP contribution in [0.2, 0.25) is 0 Å². The van der Waals surface area contributed by atoms with Gasteiger partial charge in [0.05, 0.1) is 5.56 Å². The molecule has 0 aliphatic heterocycles. The van der Waals surface area contributed by atoms with Gasteiger partial charge in [0, 0.05) is 19.8 Å². The summed E-state index contributed by atoms with van der Waals surface area (Å²) >= 11 is 0. The highest BCUT2D eigenvalue weighted by Gasteiger charge is 2.33. The third kappa shape index (κ3) is 2.14. The fourth-order valence-electron chi connectivity index (χ4n) is 1.03. The summed E-state index contributed by atoms with van der Waals surface area (Å²) in [7, 11) is 3.14. The summed E-state index contributed by atoms with van der Waals surface area (Å²) < 4.78 is 37.1. The highest BCUT2D eigenvalue weighted by Crippen LogP contribution is 2.35. The second-order valence-electron chi connectivity index (χ2n) is 2.84. The zero-order valence-electron chi connectivity index (χ0n) is 7.31. The Morgan fingerprint density at radius 2 is 1.92 bits per heavy atom. The quantitative estimate of drug-likeness (QED) is 0.654. The average molecular weight is 188 g/mol. The molecule has 1 rings (SSSR count). The molecule has 0 N–H and O–H groups in total. The average Bonchev–Trinajstić information content (AvgIpc) is 2.03. The van der Waals surface area contributed by atoms with Crippen LogP contribution in [0, 0.1) is 6.07 Å². The van der Waals surface area contributed by atoms with Crippen LogP contribution in [-0.4, -0.2) is 14.1 Å². The highest BCUT2D eigenvalue weighted by atomic mass is 19.4. The summed E-state index contributed by atoms with van der Waals surface area (Å²) in [6.45, 7) is 0. The van der Waals surface area contributed by atoms with Gasteiger partial charge in [-0.05, 0) is 18.2 Å². The molecule has 4 heteroatoms. The molecule has 0 bridgehead atoms. The predicted octanol–water partition coefficient (Wildman–Crippen LogP) is 2.57. The number of anilines is 1. The lowest BCUT2D eigenvalue weighted by molar-refractivity contribution is -0.137. The van der Waals surface area contributed by atoms with Gasteiger partial charge in [-0.25, -0.2) is 0 Å². The Bertz CT molecular complexity index is 291. The monoisotopic (exact) mass is 188 g/mol. The molecule has 1 radical (unpaired) electrons. The molecule has 0 heterocycles. The molecule has 0 fully saturated rings. The highest BCUT2D eigenvalue weighted by molar-refractivity contribution is 5.53. The first kappa shape index (κ1) is 9.89. The van der Waals surface area contributed by atoms with E-state index in [0.717, 1.165) is 6.07 Å². The van der Waals surface area contributed by atoms with Crippen molar-refractivity contribution in [3.8, 4) is 0 Å². The molecule has 1 aromatic rings. The van der Waals surface area contributed by atoms with E-state index in [1.165, 1.54) is 17.0 Å². The van der Waals surface area contributed by atoms with Crippen LogP contribution in [0.4, 0.5) is 18.9 Å². The molecule has 71 valence electrons. The van der Waals surface area contributed by atoms with E-state index in [1.807, 2.05) is 0 Å². The third-order valence-electron chi connectivity index (χ3n) is 1.63. The summed E-state index contributed by atoms with van der Waals surface area (Å²) in [6.07, 6.45) is -4.30. The van der Waals surface area contributed by atoms with Crippen molar-refractivity contribution < 1.29 is 13.2 Å². The molecule has 0 atom stereocenters. The SMILES string of the molecule is CN(C)c1c[c]ccc1C(F)(F)F. The number of rotatable bonds is 1. The van der Waals surface area contributed by atoms with Crippen LogP contribution in [0.3, 0.4) is 0 Å². The number of hydrogen-bond acceptors (Lipinski definition) is 1. The van der Waals surface area contributed by atoms with Crippen LogP contribution in [0.5, 0.6) is 0 Å². The van der Waals surface area contributed by atoms with E-state index >= 15 is 0 Å². The van der Waals surface area contributed by atoms with Gasteiger partial charge in [-0.3, -0.25) is 0 Å². The summed E-state index contributed by atoms with van der Waals surface area (Å²) in [5.41, 5.74) is -0.494. The lowest BCUT2D eigenvalue weighted by atomic mass is 10.1. The molecule has 1 aromatic carbocycles. The van der Waals surface area contributed by atoms with E-state index < -0.39 is 11.7 Å². The van der Waals surface area contributed by atoms with Crippen LogP contribution < -0.4 is 4.90 Å². The van der Waals surface area contributed by atoms with Crippen molar-refractivity contribution in [2.24, 2.45) is 0 Å². The molecule has 13 heavy (non-hydrogen) atoms. The van der Waals surface area contributed by atoms with Gasteiger partial charge in [0.1, 0.15) is 0 Å². The lowest BCUT2D eigenvalue weighted by Gasteiger charge is -2.18. The largest absolute Gasteiger partial charge is 0.418 e. The maximum Gasteiger partial charge on any atom is 0.418 e. The van der Waals surface area contributed by atoms with E-state index in [-0.39, 0.29) is 5.69 Å². The van der Waals surface area contributed by atoms with Crippen molar-refractivity contribution in [2.45, 2.75) is 6.18 Å². The standard InChI is InChI=1S/C9H9F3N/c1-13(2)8-6-4-3-5-7(8)9(10,11)12/h3,5-6H,1-2H3. The third-order valence-corrected chi connectivity index (χ3v) is 1.63. The maximum absolute atomic E-state index is 12.4. The Hall–Kier alpha value is -1.19. The van der Waals surface area contributed by atoms with Crippen LogP contribution in [0.15, 0.2) is 18.2 Å². The van der Waals surface area contributed by atoms with Crippen molar-refractivity contribution in [3.63, 3.8) is 0 Å². The van der Waals surface area contributed by atoms with Gasteiger partial charge in [0.2, 0.25) is 0 Å². The maximum atomic E-state index is 12.4. The minimum Gasteiger partial charge on any atom is -0.377 e. The molecule has 1 nitrogen and oxygen atoms in total. The Kier molecular flexibility index (Phi) is 2.50. The first-order valence-corrected chi connectivity index (χ1v) is 3.67. The van der Waals surface area contributed by atoms with Crippen LogP contribution >= 0.6 is 0 Å². The molecular weight excluding hydrogens is 179 g/mol. The van der Waals surface area contributed by atoms with Gasteiger partial charge in [0.15, 0.2) is 0 Å². The van der Waals surface area contributed by atoms with Crippen molar-refractivity contribution in [1.29, 1.82) is 0 Å². The van der Waals surface area contributed by atoms with E-state index in [1.54, 1.807) is 14.1 Å². The zero-order valence-corrected chi connectivity index (χ0v) is 7.31. The molecule has 0 aromatic heterocycles. The van der Waals surface area contributed by atoms with Crippen molar-refractivity contribution in [3.05, 3.63) is 29.8 Å². The summed E-state index contributed by atoms with van der Waals surface area (Å²) in [5.74, 6) is 0. The molecule has 0 aliphatic carbocycles. The lowest BCUT2D eigenvalue weighted by Crippen LogP contribution is -2.16. The summed E-state index contributed by atoms with van der Waals surface area (Å²) in [5, 5.41) is 0. The molecule has 0 amide bonds. The van der Waals surface area contributed by atoms with Gasteiger partial charge in [-0.1, -0.05) is 6.07 Å². The zero-order chi connectivity index (χ0) is 10.1. The van der Waals surface area contributed by atoms with Gasteiger partial charge < -0.3 is 4.90 Å².